The van der Waals surface area contributed by atoms with Gasteiger partial charge in [-0.25, -0.2) is 0 Å². The van der Waals surface area contributed by atoms with Gasteiger partial charge >= 0.3 is 0 Å². The van der Waals surface area contributed by atoms with Gasteiger partial charge < -0.3 is 5.11 Å². The molecule has 1 N–H and O–H groups in total. The van der Waals surface area contributed by atoms with Crippen molar-refractivity contribution in [3.63, 3.8) is 0 Å². The van der Waals surface area contributed by atoms with Crippen LogP contribution in [-0.4, -0.2) is 16.5 Å². The normalized spacial score (nSPS) is 19.3. The Kier molecular flexibility index (Phi) is 3.60. The van der Waals surface area contributed by atoms with E-state index in [1.54, 1.807) is 11.8 Å². The molecular weight excluding hydrogens is 228 g/mol. The monoisotopic (exact) mass is 242 g/mol. The first kappa shape index (κ1) is 11.3. The molecule has 0 aliphatic heterocycles. The van der Waals surface area contributed by atoms with Crippen LogP contribution in [0.4, 0.5) is 0 Å². The van der Waals surface area contributed by atoms with Gasteiger partial charge in [-0.15, -0.1) is 11.8 Å². The van der Waals surface area contributed by atoms with Gasteiger partial charge in [-0.05, 0) is 25.0 Å². The summed E-state index contributed by atoms with van der Waals surface area (Å²) in [7, 11) is 0. The molecule has 0 bridgehead atoms. The van der Waals surface area contributed by atoms with E-state index < -0.39 is 5.60 Å². The lowest BCUT2D eigenvalue weighted by Gasteiger charge is -2.21. The quantitative estimate of drug-likeness (QED) is 0.815. The molecule has 1 aliphatic carbocycles. The molecule has 0 amide bonds. The molecule has 3 heteroatoms. The van der Waals surface area contributed by atoms with Gasteiger partial charge in [-0.1, -0.05) is 36.6 Å². The summed E-state index contributed by atoms with van der Waals surface area (Å²) in [5.41, 5.74) is -0.455. The Morgan fingerprint density at radius 3 is 2.60 bits per heavy atom. The van der Waals surface area contributed by atoms with Crippen molar-refractivity contribution >= 4 is 23.4 Å². The molecule has 0 saturated heterocycles. The standard InChI is InChI=1S/C12H15ClOS/c13-10-5-1-2-6-11(10)15-9-12(14)7-3-4-8-12/h1-2,5-6,14H,3-4,7-9H2. The molecule has 0 radical (unpaired) electrons. The average molecular weight is 243 g/mol. The van der Waals surface area contributed by atoms with E-state index in [4.69, 9.17) is 11.6 Å². The molecule has 1 aromatic carbocycles. The van der Waals surface area contributed by atoms with Crippen LogP contribution in [-0.2, 0) is 0 Å². The maximum Gasteiger partial charge on any atom is 0.0741 e. The highest BCUT2D eigenvalue weighted by Crippen LogP contribution is 2.36. The number of rotatable bonds is 3. The van der Waals surface area contributed by atoms with Crippen LogP contribution in [0.1, 0.15) is 25.7 Å². The van der Waals surface area contributed by atoms with Crippen molar-refractivity contribution in [3.05, 3.63) is 29.3 Å². The van der Waals surface area contributed by atoms with Crippen molar-refractivity contribution < 1.29 is 5.11 Å². The summed E-state index contributed by atoms with van der Waals surface area (Å²) in [6.45, 7) is 0. The summed E-state index contributed by atoms with van der Waals surface area (Å²) in [6, 6.07) is 7.80. The zero-order valence-electron chi connectivity index (χ0n) is 8.58. The van der Waals surface area contributed by atoms with Gasteiger partial charge in [0.1, 0.15) is 0 Å². The molecule has 1 nitrogen and oxygen atoms in total. The molecular formula is C12H15ClOS. The summed E-state index contributed by atoms with van der Waals surface area (Å²) in [4.78, 5) is 1.07. The van der Waals surface area contributed by atoms with Gasteiger partial charge in [-0.3, -0.25) is 0 Å². The van der Waals surface area contributed by atoms with E-state index in [9.17, 15) is 5.11 Å². The molecule has 0 aromatic heterocycles. The molecule has 2 rings (SSSR count). The van der Waals surface area contributed by atoms with E-state index >= 15 is 0 Å². The van der Waals surface area contributed by atoms with Crippen LogP contribution in [0.5, 0.6) is 0 Å². The molecule has 0 atom stereocenters. The first-order chi connectivity index (χ1) is 7.20. The Bertz CT molecular complexity index is 334. The number of halogens is 1. The number of benzene rings is 1. The molecule has 0 spiro atoms. The van der Waals surface area contributed by atoms with Crippen LogP contribution in [0.25, 0.3) is 0 Å². The van der Waals surface area contributed by atoms with E-state index in [1.165, 1.54) is 0 Å². The van der Waals surface area contributed by atoms with E-state index in [2.05, 4.69) is 0 Å². The second kappa shape index (κ2) is 4.77. The maximum atomic E-state index is 10.2. The molecule has 82 valence electrons. The van der Waals surface area contributed by atoms with Crippen molar-refractivity contribution in [1.29, 1.82) is 0 Å². The Hall–Kier alpha value is -0.180. The minimum Gasteiger partial charge on any atom is -0.389 e. The summed E-state index contributed by atoms with van der Waals surface area (Å²) in [5.74, 6) is 0.761. The highest BCUT2D eigenvalue weighted by Gasteiger charge is 2.31. The third-order valence-corrected chi connectivity index (χ3v) is 4.66. The van der Waals surface area contributed by atoms with Crippen molar-refractivity contribution in [2.24, 2.45) is 0 Å². The van der Waals surface area contributed by atoms with Crippen molar-refractivity contribution in [2.45, 2.75) is 36.2 Å². The average Bonchev–Trinajstić information content (AvgIpc) is 2.65. The SMILES string of the molecule is OC1(CSc2ccccc2Cl)CCCC1. The predicted molar refractivity (Wildman–Crippen MR) is 65.6 cm³/mol. The van der Waals surface area contributed by atoms with Crippen LogP contribution in [0.3, 0.4) is 0 Å². The van der Waals surface area contributed by atoms with E-state index in [0.29, 0.717) is 0 Å². The number of hydrogen-bond donors (Lipinski definition) is 1. The molecule has 0 heterocycles. The number of hydrogen-bond acceptors (Lipinski definition) is 2. The summed E-state index contributed by atoms with van der Waals surface area (Å²) in [6.07, 6.45) is 4.17. The smallest absolute Gasteiger partial charge is 0.0741 e. The van der Waals surface area contributed by atoms with Crippen molar-refractivity contribution in [3.8, 4) is 0 Å². The zero-order chi connectivity index (χ0) is 10.7. The zero-order valence-corrected chi connectivity index (χ0v) is 10.2. The van der Waals surface area contributed by atoms with Gasteiger partial charge in [0.2, 0.25) is 0 Å². The van der Waals surface area contributed by atoms with Crippen LogP contribution in [0.15, 0.2) is 29.2 Å². The Labute approximate surface area is 99.8 Å². The molecule has 15 heavy (non-hydrogen) atoms. The van der Waals surface area contributed by atoms with Gasteiger partial charge in [-0.2, -0.15) is 0 Å². The highest BCUT2D eigenvalue weighted by molar-refractivity contribution is 7.99. The van der Waals surface area contributed by atoms with E-state index in [1.807, 2.05) is 24.3 Å². The Balaban J connectivity index is 1.95. The first-order valence-corrected chi connectivity index (χ1v) is 6.66. The van der Waals surface area contributed by atoms with E-state index in [-0.39, 0.29) is 0 Å². The third kappa shape index (κ3) is 2.90. The Morgan fingerprint density at radius 2 is 1.93 bits per heavy atom. The minimum atomic E-state index is -0.455. The lowest BCUT2D eigenvalue weighted by molar-refractivity contribution is 0.0733. The van der Waals surface area contributed by atoms with Crippen LogP contribution >= 0.6 is 23.4 Å². The number of thioether (sulfide) groups is 1. The van der Waals surface area contributed by atoms with Crippen LogP contribution in [0, 0.1) is 0 Å². The molecule has 1 saturated carbocycles. The predicted octanol–water partition coefficient (Wildman–Crippen LogP) is 3.74. The lowest BCUT2D eigenvalue weighted by Crippen LogP contribution is -2.27. The summed E-state index contributed by atoms with van der Waals surface area (Å²) < 4.78 is 0. The second-order valence-corrected chi connectivity index (χ2v) is 5.57. The third-order valence-electron chi connectivity index (χ3n) is 2.87. The van der Waals surface area contributed by atoms with Gasteiger partial charge in [0.15, 0.2) is 0 Å². The van der Waals surface area contributed by atoms with Crippen molar-refractivity contribution in [1.82, 2.24) is 0 Å². The van der Waals surface area contributed by atoms with Crippen molar-refractivity contribution in [2.75, 3.05) is 5.75 Å². The molecule has 0 unspecified atom stereocenters. The fourth-order valence-electron chi connectivity index (χ4n) is 1.95. The highest BCUT2D eigenvalue weighted by atomic mass is 35.5. The largest absolute Gasteiger partial charge is 0.389 e. The fourth-order valence-corrected chi connectivity index (χ4v) is 3.34. The lowest BCUT2D eigenvalue weighted by atomic mass is 10.1. The summed E-state index contributed by atoms with van der Waals surface area (Å²) in [5, 5.41) is 11.0. The second-order valence-electron chi connectivity index (χ2n) is 4.15. The molecule has 1 aromatic rings. The maximum absolute atomic E-state index is 10.2. The van der Waals surface area contributed by atoms with Crippen LogP contribution < -0.4 is 0 Å². The summed E-state index contributed by atoms with van der Waals surface area (Å²) >= 11 is 7.71. The van der Waals surface area contributed by atoms with Gasteiger partial charge in [0.25, 0.3) is 0 Å². The number of aliphatic hydroxyl groups is 1. The fraction of sp³-hybridized carbons (Fsp3) is 0.500. The minimum absolute atomic E-state index is 0.455. The molecule has 1 aliphatic rings. The van der Waals surface area contributed by atoms with E-state index in [0.717, 1.165) is 41.4 Å². The Morgan fingerprint density at radius 1 is 1.27 bits per heavy atom. The first-order valence-electron chi connectivity index (χ1n) is 5.29. The van der Waals surface area contributed by atoms with Gasteiger partial charge in [0.05, 0.1) is 10.6 Å². The molecule has 1 fully saturated rings. The van der Waals surface area contributed by atoms with Crippen LogP contribution in [0.2, 0.25) is 5.02 Å². The topological polar surface area (TPSA) is 20.2 Å². The van der Waals surface area contributed by atoms with Gasteiger partial charge in [0, 0.05) is 10.6 Å².